The summed E-state index contributed by atoms with van der Waals surface area (Å²) in [4.78, 5) is 41.0. The molecule has 3 amide bonds. The fourth-order valence-corrected chi connectivity index (χ4v) is 6.29. The Morgan fingerprint density at radius 3 is 2.31 bits per heavy atom. The van der Waals surface area contributed by atoms with Gasteiger partial charge in [0.05, 0.1) is 17.8 Å². The Hall–Kier alpha value is -4.30. The zero-order chi connectivity index (χ0) is 30.6. The van der Waals surface area contributed by atoms with E-state index in [2.05, 4.69) is 10.6 Å². The number of carbonyl (C=O) groups excluding carboxylic acids is 3. The van der Waals surface area contributed by atoms with Crippen LogP contribution >= 0.6 is 11.3 Å². The second kappa shape index (κ2) is 12.7. The number of ether oxygens (including phenoxy) is 1. The molecule has 222 valence electrons. The zero-order valence-electron chi connectivity index (χ0n) is 22.8. The largest absolute Gasteiger partial charge is 0.457 e. The van der Waals surface area contributed by atoms with Crippen molar-refractivity contribution in [3.8, 4) is 11.5 Å². The summed E-state index contributed by atoms with van der Waals surface area (Å²) in [5.74, 6) is -1.34. The number of carbonyl (C=O) groups is 3. The van der Waals surface area contributed by atoms with Gasteiger partial charge in [-0.05, 0) is 67.9 Å². The van der Waals surface area contributed by atoms with Crippen LogP contribution in [0.4, 0.5) is 4.39 Å². The van der Waals surface area contributed by atoms with Crippen LogP contribution in [0.2, 0.25) is 0 Å². The van der Waals surface area contributed by atoms with Crippen LogP contribution in [0.5, 0.6) is 11.5 Å². The SMILES string of the molecule is C[C@@H](NC(=O)[C@@H]1C[C@@H](S(C)(=O)=O)CN1C(=O)CNC(=O)c1ccc(Oc2ccc(F)cc2)cc1)c1cc(C(=N)N)cs1. The Morgan fingerprint density at radius 1 is 1.12 bits per heavy atom. The number of halogens is 1. The molecule has 1 fully saturated rings. The Morgan fingerprint density at radius 2 is 1.74 bits per heavy atom. The number of nitrogens with zero attached hydrogens (tertiary/aromatic N) is 1. The average Bonchev–Trinajstić information content (AvgIpc) is 3.62. The Balaban J connectivity index is 1.38. The second-order valence-electron chi connectivity index (χ2n) is 9.89. The number of nitrogens with one attached hydrogen (secondary N) is 3. The highest BCUT2D eigenvalue weighted by molar-refractivity contribution is 7.91. The van der Waals surface area contributed by atoms with Gasteiger partial charge >= 0.3 is 0 Å². The average molecular weight is 616 g/mol. The normalized spacial score (nSPS) is 17.4. The summed E-state index contributed by atoms with van der Waals surface area (Å²) >= 11 is 1.31. The van der Waals surface area contributed by atoms with E-state index in [0.717, 1.165) is 11.1 Å². The highest BCUT2D eigenvalue weighted by Crippen LogP contribution is 2.26. The monoisotopic (exact) mass is 615 g/mol. The molecular weight excluding hydrogens is 585 g/mol. The highest BCUT2D eigenvalue weighted by atomic mass is 32.2. The van der Waals surface area contributed by atoms with Gasteiger partial charge in [0.1, 0.15) is 29.2 Å². The fourth-order valence-electron chi connectivity index (χ4n) is 4.41. The lowest BCUT2D eigenvalue weighted by atomic mass is 10.1. The van der Waals surface area contributed by atoms with E-state index in [9.17, 15) is 27.2 Å². The van der Waals surface area contributed by atoms with E-state index < -0.39 is 57.3 Å². The second-order valence-corrected chi connectivity index (χ2v) is 13.2. The van der Waals surface area contributed by atoms with Gasteiger partial charge < -0.3 is 26.0 Å². The first kappa shape index (κ1) is 30.7. The number of thiophene rings is 1. The van der Waals surface area contributed by atoms with Crippen LogP contribution in [0.1, 0.15) is 40.2 Å². The van der Waals surface area contributed by atoms with Gasteiger partial charge in [-0.2, -0.15) is 0 Å². The molecule has 5 N–H and O–H groups in total. The molecule has 2 heterocycles. The summed E-state index contributed by atoms with van der Waals surface area (Å²) < 4.78 is 43.3. The topological polar surface area (TPSA) is 172 Å². The maximum Gasteiger partial charge on any atom is 0.251 e. The summed E-state index contributed by atoms with van der Waals surface area (Å²) in [6, 6.07) is 11.7. The van der Waals surface area contributed by atoms with Gasteiger partial charge in [0.2, 0.25) is 11.8 Å². The summed E-state index contributed by atoms with van der Waals surface area (Å²) in [6.45, 7) is 1.11. The molecule has 0 bridgehead atoms. The Labute approximate surface area is 246 Å². The zero-order valence-corrected chi connectivity index (χ0v) is 24.4. The van der Waals surface area contributed by atoms with Crippen LogP contribution in [0.25, 0.3) is 0 Å². The number of nitrogens with two attached hydrogens (primary N) is 1. The number of benzene rings is 2. The lowest BCUT2D eigenvalue weighted by molar-refractivity contribution is -0.137. The maximum atomic E-state index is 13.2. The van der Waals surface area contributed by atoms with E-state index >= 15 is 0 Å². The molecule has 11 nitrogen and oxygen atoms in total. The molecule has 0 radical (unpaired) electrons. The van der Waals surface area contributed by atoms with Crippen LogP contribution in [-0.2, 0) is 19.4 Å². The number of sulfone groups is 1. The lowest BCUT2D eigenvalue weighted by Gasteiger charge is -2.25. The first-order valence-electron chi connectivity index (χ1n) is 12.8. The molecule has 0 saturated carbocycles. The van der Waals surface area contributed by atoms with Gasteiger partial charge in [0.25, 0.3) is 5.91 Å². The maximum absolute atomic E-state index is 13.2. The van der Waals surface area contributed by atoms with Crippen molar-refractivity contribution in [1.82, 2.24) is 15.5 Å². The molecule has 1 saturated heterocycles. The van der Waals surface area contributed by atoms with E-state index in [-0.39, 0.29) is 24.4 Å². The van der Waals surface area contributed by atoms with Crippen molar-refractivity contribution in [2.24, 2.45) is 5.73 Å². The number of rotatable bonds is 10. The van der Waals surface area contributed by atoms with E-state index in [1.807, 2.05) is 0 Å². The van der Waals surface area contributed by atoms with Crippen LogP contribution in [-0.4, -0.2) is 67.5 Å². The molecule has 3 aromatic rings. The van der Waals surface area contributed by atoms with Crippen LogP contribution in [0.15, 0.2) is 60.0 Å². The molecule has 14 heteroatoms. The van der Waals surface area contributed by atoms with Crippen LogP contribution in [0, 0.1) is 11.2 Å². The number of nitrogen functional groups attached to an aromatic ring is 1. The van der Waals surface area contributed by atoms with Crippen molar-refractivity contribution in [1.29, 1.82) is 5.41 Å². The summed E-state index contributed by atoms with van der Waals surface area (Å²) in [7, 11) is -3.55. The third-order valence-corrected chi connectivity index (χ3v) is 9.44. The number of amides is 3. The number of amidine groups is 1. The number of hydrogen-bond donors (Lipinski definition) is 4. The van der Waals surface area contributed by atoms with Crippen LogP contribution < -0.4 is 21.1 Å². The molecule has 1 aliphatic rings. The van der Waals surface area contributed by atoms with Crippen LogP contribution in [0.3, 0.4) is 0 Å². The molecule has 42 heavy (non-hydrogen) atoms. The quantitative estimate of drug-likeness (QED) is 0.200. The Kier molecular flexibility index (Phi) is 9.27. The molecule has 3 atom stereocenters. The van der Waals surface area contributed by atoms with Crippen molar-refractivity contribution in [2.45, 2.75) is 30.7 Å². The van der Waals surface area contributed by atoms with Gasteiger partial charge in [-0.15, -0.1) is 11.3 Å². The third-order valence-electron chi connectivity index (χ3n) is 6.77. The minimum absolute atomic E-state index is 0.0737. The van der Waals surface area contributed by atoms with Gasteiger partial charge in [0, 0.05) is 34.2 Å². The van der Waals surface area contributed by atoms with Crippen molar-refractivity contribution in [2.75, 3.05) is 19.3 Å². The molecular formula is C28H30FN5O6S2. The van der Waals surface area contributed by atoms with Crippen molar-refractivity contribution >= 4 is 44.7 Å². The van der Waals surface area contributed by atoms with E-state index in [0.29, 0.717) is 17.1 Å². The highest BCUT2D eigenvalue weighted by Gasteiger charge is 2.43. The number of hydrogen-bond acceptors (Lipinski definition) is 8. The molecule has 0 unspecified atom stereocenters. The molecule has 4 rings (SSSR count). The molecule has 1 aliphatic heterocycles. The summed E-state index contributed by atoms with van der Waals surface area (Å²) in [5, 5.41) is 13.7. The van der Waals surface area contributed by atoms with Crippen molar-refractivity contribution in [3.63, 3.8) is 0 Å². The smallest absolute Gasteiger partial charge is 0.251 e. The fraction of sp³-hybridized carbons (Fsp3) is 0.286. The minimum Gasteiger partial charge on any atom is -0.457 e. The molecule has 0 aliphatic carbocycles. The standard InChI is InChI=1S/C28H30FN5O6S2/c1-16(24-11-18(15-41-24)26(30)31)33-28(37)23-12-22(42(2,38)39)14-34(23)25(35)13-32-27(36)17-3-7-20(8-4-17)40-21-9-5-19(29)6-10-21/h3-11,15-16,22-23H,12-14H2,1-2H3,(H3,30,31)(H,32,36)(H,33,37)/t16-,22-,23+/m1/s1. The predicted molar refractivity (Wildman–Crippen MR) is 156 cm³/mol. The first-order valence-corrected chi connectivity index (χ1v) is 15.7. The predicted octanol–water partition coefficient (Wildman–Crippen LogP) is 2.58. The lowest BCUT2D eigenvalue weighted by Crippen LogP contribution is -2.49. The van der Waals surface area contributed by atoms with Gasteiger partial charge in [0.15, 0.2) is 9.84 Å². The Bertz CT molecular complexity index is 1590. The summed E-state index contributed by atoms with van der Waals surface area (Å²) in [5.41, 5.74) is 6.29. The van der Waals surface area contributed by atoms with Crippen molar-refractivity contribution < 1.29 is 31.9 Å². The molecule has 1 aromatic heterocycles. The third kappa shape index (κ3) is 7.50. The number of likely N-dealkylation sites (tertiary alicyclic amines) is 1. The molecule has 0 spiro atoms. The van der Waals surface area contributed by atoms with Gasteiger partial charge in [-0.25, -0.2) is 12.8 Å². The van der Waals surface area contributed by atoms with Gasteiger partial charge in [-0.3, -0.25) is 19.8 Å². The van der Waals surface area contributed by atoms with Gasteiger partial charge in [-0.1, -0.05) is 0 Å². The van der Waals surface area contributed by atoms with E-state index in [1.165, 1.54) is 52.6 Å². The van der Waals surface area contributed by atoms with E-state index in [4.69, 9.17) is 15.9 Å². The summed E-state index contributed by atoms with van der Waals surface area (Å²) in [6.07, 6.45) is 0.985. The molecule has 2 aromatic carbocycles. The minimum atomic E-state index is -3.55. The van der Waals surface area contributed by atoms with E-state index in [1.54, 1.807) is 30.5 Å². The first-order chi connectivity index (χ1) is 19.8. The van der Waals surface area contributed by atoms with Crippen molar-refractivity contribution in [3.05, 3.63) is 81.8 Å².